The van der Waals surface area contributed by atoms with Gasteiger partial charge in [-0.15, -0.1) is 0 Å². The van der Waals surface area contributed by atoms with Crippen molar-refractivity contribution in [1.82, 2.24) is 0 Å². The minimum atomic E-state index is -0.715. The van der Waals surface area contributed by atoms with Gasteiger partial charge in [-0.25, -0.2) is 0 Å². The van der Waals surface area contributed by atoms with Gasteiger partial charge in [0.1, 0.15) is 10.7 Å². The van der Waals surface area contributed by atoms with Gasteiger partial charge in [0.05, 0.1) is 9.85 Å². The Kier molecular flexibility index (Phi) is 4.56. The molecule has 0 aromatic heterocycles. The topological polar surface area (TPSA) is 115 Å². The third-order valence-electron chi connectivity index (χ3n) is 3.00. The maximum atomic E-state index is 12.2. The first kappa shape index (κ1) is 16.4. The van der Waals surface area contributed by atoms with Crippen molar-refractivity contribution in [2.75, 3.05) is 5.32 Å². The van der Waals surface area contributed by atoms with Gasteiger partial charge < -0.3 is 5.32 Å². The number of halogens is 1. The quantitative estimate of drug-likeness (QED) is 0.675. The molecule has 1 amide bonds. The van der Waals surface area contributed by atoms with Crippen LogP contribution in [-0.2, 0) is 0 Å². The van der Waals surface area contributed by atoms with Gasteiger partial charge in [-0.3, -0.25) is 25.0 Å². The summed E-state index contributed by atoms with van der Waals surface area (Å²) in [6.45, 7) is 1.68. The monoisotopic (exact) mass is 335 g/mol. The normalized spacial score (nSPS) is 10.2. The molecule has 0 aliphatic carbocycles. The van der Waals surface area contributed by atoms with Gasteiger partial charge in [0, 0.05) is 17.7 Å². The Morgan fingerprint density at radius 3 is 2.30 bits per heavy atom. The smallest absolute Gasteiger partial charge is 0.293 e. The van der Waals surface area contributed by atoms with Gasteiger partial charge in [-0.1, -0.05) is 17.7 Å². The Morgan fingerprint density at radius 2 is 1.70 bits per heavy atom. The zero-order chi connectivity index (χ0) is 17.1. The Hall–Kier alpha value is -3.00. The number of carbonyl (C=O) groups is 1. The van der Waals surface area contributed by atoms with Crippen LogP contribution < -0.4 is 5.32 Å². The highest BCUT2D eigenvalue weighted by Gasteiger charge is 2.19. The number of hydrogen-bond donors (Lipinski definition) is 1. The zero-order valence-electron chi connectivity index (χ0n) is 11.8. The van der Waals surface area contributed by atoms with Gasteiger partial charge in [-0.2, -0.15) is 0 Å². The number of anilines is 1. The Bertz CT molecular complexity index is 822. The Labute approximate surface area is 135 Å². The van der Waals surface area contributed by atoms with Crippen molar-refractivity contribution in [1.29, 1.82) is 0 Å². The van der Waals surface area contributed by atoms with E-state index >= 15 is 0 Å². The number of nitrogens with zero attached hydrogens (tertiary/aromatic N) is 2. The molecule has 9 heteroatoms. The number of nitro benzene ring substituents is 2. The van der Waals surface area contributed by atoms with E-state index in [0.29, 0.717) is 5.56 Å². The first-order valence-corrected chi connectivity index (χ1v) is 6.67. The highest BCUT2D eigenvalue weighted by molar-refractivity contribution is 6.32. The number of hydrogen-bond acceptors (Lipinski definition) is 5. The SMILES string of the molecule is Cc1ccc(NC(=O)c2ccc(Cl)c([N+](=O)[O-])c2)c([N+](=O)[O-])c1. The summed E-state index contributed by atoms with van der Waals surface area (Å²) < 4.78 is 0. The van der Waals surface area contributed by atoms with Gasteiger partial charge in [0.15, 0.2) is 0 Å². The minimum absolute atomic E-state index is 0.00297. The van der Waals surface area contributed by atoms with Crippen LogP contribution in [0.4, 0.5) is 17.1 Å². The molecule has 2 aromatic rings. The van der Waals surface area contributed by atoms with E-state index < -0.39 is 21.4 Å². The molecule has 0 aliphatic heterocycles. The molecule has 1 N–H and O–H groups in total. The van der Waals surface area contributed by atoms with Crippen LogP contribution in [0.3, 0.4) is 0 Å². The van der Waals surface area contributed by atoms with Crippen molar-refractivity contribution in [2.45, 2.75) is 6.92 Å². The fourth-order valence-corrected chi connectivity index (χ4v) is 2.07. The number of nitrogens with one attached hydrogen (secondary N) is 1. The van der Waals surface area contributed by atoms with Gasteiger partial charge in [-0.05, 0) is 30.7 Å². The predicted octanol–water partition coefficient (Wildman–Crippen LogP) is 3.72. The third-order valence-corrected chi connectivity index (χ3v) is 3.32. The summed E-state index contributed by atoms with van der Waals surface area (Å²) >= 11 is 5.68. The molecule has 2 aromatic carbocycles. The molecule has 0 spiro atoms. The molecular formula is C14H10ClN3O5. The van der Waals surface area contributed by atoms with E-state index in [1.165, 1.54) is 24.3 Å². The van der Waals surface area contributed by atoms with E-state index in [1.807, 2.05) is 0 Å². The average Bonchev–Trinajstić information content (AvgIpc) is 2.48. The fraction of sp³-hybridized carbons (Fsp3) is 0.0714. The lowest BCUT2D eigenvalue weighted by atomic mass is 10.1. The summed E-state index contributed by atoms with van der Waals surface area (Å²) in [6.07, 6.45) is 0. The maximum Gasteiger partial charge on any atom is 0.293 e. The third kappa shape index (κ3) is 3.61. The van der Waals surface area contributed by atoms with E-state index in [4.69, 9.17) is 11.6 Å². The van der Waals surface area contributed by atoms with Crippen LogP contribution in [0, 0.1) is 27.2 Å². The second kappa shape index (κ2) is 6.41. The summed E-state index contributed by atoms with van der Waals surface area (Å²) in [7, 11) is 0. The molecule has 0 aliphatic rings. The number of rotatable bonds is 4. The lowest BCUT2D eigenvalue weighted by Crippen LogP contribution is -2.13. The van der Waals surface area contributed by atoms with E-state index in [9.17, 15) is 25.0 Å². The van der Waals surface area contributed by atoms with Crippen molar-refractivity contribution in [2.24, 2.45) is 0 Å². The number of amides is 1. The second-order valence-corrected chi connectivity index (χ2v) is 5.06. The first-order chi connectivity index (χ1) is 10.8. The standard InChI is InChI=1S/C14H10ClN3O5/c1-8-2-5-11(13(6-8)18(22)23)16-14(19)9-3-4-10(15)12(7-9)17(20)21/h2-7H,1H3,(H,16,19). The largest absolute Gasteiger partial charge is 0.316 e. The van der Waals surface area contributed by atoms with Gasteiger partial charge in [0.25, 0.3) is 17.3 Å². The summed E-state index contributed by atoms with van der Waals surface area (Å²) in [5, 5.41) is 24.1. The fourth-order valence-electron chi connectivity index (χ4n) is 1.89. The van der Waals surface area contributed by atoms with Crippen LogP contribution >= 0.6 is 11.6 Å². The summed E-state index contributed by atoms with van der Waals surface area (Å²) in [6, 6.07) is 7.85. The van der Waals surface area contributed by atoms with Crippen molar-refractivity contribution in [3.8, 4) is 0 Å². The molecule has 0 fully saturated rings. The van der Waals surface area contributed by atoms with Gasteiger partial charge >= 0.3 is 0 Å². The Morgan fingerprint density at radius 1 is 1.04 bits per heavy atom. The number of nitro groups is 2. The molecule has 0 radical (unpaired) electrons. The molecule has 2 rings (SSSR count). The van der Waals surface area contributed by atoms with Gasteiger partial charge in [0.2, 0.25) is 0 Å². The summed E-state index contributed by atoms with van der Waals surface area (Å²) in [5.74, 6) is -0.711. The molecule has 0 saturated heterocycles. The van der Waals surface area contributed by atoms with Crippen molar-refractivity contribution >= 4 is 34.6 Å². The van der Waals surface area contributed by atoms with Crippen LogP contribution in [-0.4, -0.2) is 15.8 Å². The van der Waals surface area contributed by atoms with Crippen LogP contribution in [0.2, 0.25) is 5.02 Å². The van der Waals surface area contributed by atoms with E-state index in [1.54, 1.807) is 13.0 Å². The van der Waals surface area contributed by atoms with E-state index in [2.05, 4.69) is 5.32 Å². The zero-order valence-corrected chi connectivity index (χ0v) is 12.5. The highest BCUT2D eigenvalue weighted by atomic mass is 35.5. The van der Waals surface area contributed by atoms with Crippen LogP contribution in [0.15, 0.2) is 36.4 Å². The van der Waals surface area contributed by atoms with Crippen molar-refractivity contribution in [3.63, 3.8) is 0 Å². The number of carbonyl (C=O) groups excluding carboxylic acids is 1. The molecule has 118 valence electrons. The lowest BCUT2D eigenvalue weighted by molar-refractivity contribution is -0.384. The van der Waals surface area contributed by atoms with Crippen LogP contribution in [0.1, 0.15) is 15.9 Å². The summed E-state index contributed by atoms with van der Waals surface area (Å²) in [4.78, 5) is 32.7. The van der Waals surface area contributed by atoms with Crippen LogP contribution in [0.25, 0.3) is 0 Å². The molecule has 0 atom stereocenters. The molecule has 8 nitrogen and oxygen atoms in total. The van der Waals surface area contributed by atoms with Crippen molar-refractivity contribution in [3.05, 3.63) is 72.8 Å². The molecule has 0 saturated carbocycles. The first-order valence-electron chi connectivity index (χ1n) is 6.30. The molecule has 0 heterocycles. The minimum Gasteiger partial charge on any atom is -0.316 e. The molecule has 23 heavy (non-hydrogen) atoms. The number of benzene rings is 2. The van der Waals surface area contributed by atoms with Crippen LogP contribution in [0.5, 0.6) is 0 Å². The molecule has 0 unspecified atom stereocenters. The Balaban J connectivity index is 2.35. The average molecular weight is 336 g/mol. The second-order valence-electron chi connectivity index (χ2n) is 4.66. The summed E-state index contributed by atoms with van der Waals surface area (Å²) in [5.41, 5.74) is -0.0458. The van der Waals surface area contributed by atoms with E-state index in [0.717, 1.165) is 6.07 Å². The molecular weight excluding hydrogens is 326 g/mol. The maximum absolute atomic E-state index is 12.2. The highest BCUT2D eigenvalue weighted by Crippen LogP contribution is 2.28. The molecule has 0 bridgehead atoms. The number of aryl methyl sites for hydroxylation is 1. The predicted molar refractivity (Wildman–Crippen MR) is 83.9 cm³/mol. The van der Waals surface area contributed by atoms with Crippen molar-refractivity contribution < 1.29 is 14.6 Å². The van der Waals surface area contributed by atoms with E-state index in [-0.39, 0.29) is 22.0 Å². The lowest BCUT2D eigenvalue weighted by Gasteiger charge is -2.07.